The van der Waals surface area contributed by atoms with E-state index in [1.54, 1.807) is 0 Å². The van der Waals surface area contributed by atoms with Crippen molar-refractivity contribution < 1.29 is 30.0 Å². The molecule has 0 unspecified atom stereocenters. The molecule has 0 atom stereocenters. The maximum absolute atomic E-state index is 9.12. The molecule has 0 amide bonds. The molecule has 0 aromatic heterocycles. The Labute approximate surface area is 50.0 Å². The highest BCUT2D eigenvalue weighted by Crippen LogP contribution is 1.48. The van der Waals surface area contributed by atoms with E-state index in [2.05, 4.69) is 0 Å². The first-order valence-corrected chi connectivity index (χ1v) is 1.75. The van der Waals surface area contributed by atoms with E-state index in [9.17, 15) is 0 Å². The maximum atomic E-state index is 9.12. The van der Waals surface area contributed by atoms with Crippen LogP contribution in [0.5, 0.6) is 0 Å². The number of aliphatic hydroxyl groups is 1. The van der Waals surface area contributed by atoms with Gasteiger partial charge in [-0.2, -0.15) is 0 Å². The van der Waals surface area contributed by atoms with Crippen molar-refractivity contribution in [3.05, 3.63) is 0 Å². The molecule has 0 aromatic rings. The summed E-state index contributed by atoms with van der Waals surface area (Å²) in [6.07, 6.45) is -1.83. The minimum Gasteiger partial charge on any atom is -0.480 e. The average molecular weight is 138 g/mol. The van der Waals surface area contributed by atoms with Gasteiger partial charge >= 0.3 is 12.1 Å². The number of aliphatic carboxylic acids is 1. The Hall–Kier alpha value is -1.30. The summed E-state index contributed by atoms with van der Waals surface area (Å²) in [5.74, 6) is -1.19. The Bertz CT molecular complexity index is 92.5. The monoisotopic (exact) mass is 138 g/mol. The van der Waals surface area contributed by atoms with Crippen molar-refractivity contribution in [3.8, 4) is 0 Å². The number of hydrogen-bond acceptors (Lipinski definition) is 3. The number of carboxylic acid groups (broad SMARTS) is 3. The predicted octanol–water partition coefficient (Wildman–Crippen LogP) is -0.714. The fourth-order valence-electron chi connectivity index (χ4n) is 0. The van der Waals surface area contributed by atoms with Crippen LogP contribution in [0.15, 0.2) is 0 Å². The minimum absolute atomic E-state index is 0.778. The van der Waals surface area contributed by atoms with Gasteiger partial charge in [-0.3, -0.25) is 0 Å². The van der Waals surface area contributed by atoms with E-state index in [0.29, 0.717) is 0 Å². The average Bonchev–Trinajstić information content (AvgIpc) is 1.65. The van der Waals surface area contributed by atoms with Gasteiger partial charge in [0, 0.05) is 0 Å². The van der Waals surface area contributed by atoms with E-state index in [-0.39, 0.29) is 0 Å². The van der Waals surface area contributed by atoms with Gasteiger partial charge in [0.05, 0.1) is 0 Å². The van der Waals surface area contributed by atoms with E-state index < -0.39 is 18.7 Å². The Kier molecular flexibility index (Phi) is 7.92. The molecule has 0 spiro atoms. The van der Waals surface area contributed by atoms with Crippen LogP contribution in [0.25, 0.3) is 0 Å². The standard InChI is InChI=1S/C2H4O3.CH2O3/c3-1-2(4)5;2-1(3)4/h3H,1H2,(H,4,5);(H2,2,3,4). The highest BCUT2D eigenvalue weighted by Gasteiger charge is 1.82. The van der Waals surface area contributed by atoms with Crippen LogP contribution < -0.4 is 0 Å². The molecule has 0 aliphatic rings. The van der Waals surface area contributed by atoms with Gasteiger partial charge in [0.25, 0.3) is 0 Å². The van der Waals surface area contributed by atoms with E-state index in [0.717, 1.165) is 0 Å². The third-order valence-electron chi connectivity index (χ3n) is 0.135. The molecule has 0 saturated heterocycles. The van der Waals surface area contributed by atoms with Crippen LogP contribution in [0.4, 0.5) is 4.79 Å². The molecule has 0 radical (unpaired) electrons. The maximum Gasteiger partial charge on any atom is 0.503 e. The second-order valence-corrected chi connectivity index (χ2v) is 0.834. The van der Waals surface area contributed by atoms with Gasteiger partial charge in [-0.15, -0.1) is 0 Å². The fourth-order valence-corrected chi connectivity index (χ4v) is 0. The molecule has 0 aromatic carbocycles. The van der Waals surface area contributed by atoms with Crippen LogP contribution in [0.1, 0.15) is 0 Å². The van der Waals surface area contributed by atoms with E-state index >= 15 is 0 Å². The lowest BCUT2D eigenvalue weighted by molar-refractivity contribution is -0.140. The molecule has 54 valence electrons. The molecule has 0 rings (SSSR count). The Balaban J connectivity index is 0. The third-order valence-corrected chi connectivity index (χ3v) is 0.135. The molecule has 0 fully saturated rings. The summed E-state index contributed by atoms with van der Waals surface area (Å²) >= 11 is 0. The molecule has 0 bridgehead atoms. The molecular formula is C3H6O6. The van der Waals surface area contributed by atoms with Crippen molar-refractivity contribution in [2.45, 2.75) is 0 Å². The van der Waals surface area contributed by atoms with Crippen LogP contribution in [-0.2, 0) is 4.79 Å². The Morgan fingerprint density at radius 3 is 1.22 bits per heavy atom. The predicted molar refractivity (Wildman–Crippen MR) is 25.4 cm³/mol. The summed E-state index contributed by atoms with van der Waals surface area (Å²) in [6.45, 7) is -0.778. The van der Waals surface area contributed by atoms with Crippen LogP contribution in [-0.4, -0.2) is 39.2 Å². The van der Waals surface area contributed by atoms with E-state index in [1.165, 1.54) is 0 Å². The van der Waals surface area contributed by atoms with Gasteiger partial charge < -0.3 is 20.4 Å². The molecule has 0 aliphatic carbocycles. The first-order chi connectivity index (χ1) is 4.00. The molecule has 6 heteroatoms. The highest BCUT2D eigenvalue weighted by atomic mass is 16.6. The van der Waals surface area contributed by atoms with Crippen molar-refractivity contribution in [1.29, 1.82) is 0 Å². The van der Waals surface area contributed by atoms with Gasteiger partial charge in [-0.25, -0.2) is 9.59 Å². The number of aliphatic hydroxyl groups excluding tert-OH is 1. The normalized spacial score (nSPS) is 6.78. The number of carbonyl (C=O) groups is 2. The summed E-state index contributed by atoms with van der Waals surface area (Å²) in [5.41, 5.74) is 0. The fraction of sp³-hybridized carbons (Fsp3) is 0.333. The van der Waals surface area contributed by atoms with Gasteiger partial charge in [-0.1, -0.05) is 0 Å². The lowest BCUT2D eigenvalue weighted by Crippen LogP contribution is -1.98. The quantitative estimate of drug-likeness (QED) is 0.380. The van der Waals surface area contributed by atoms with Crippen LogP contribution in [0.2, 0.25) is 0 Å². The SMILES string of the molecule is O=C(O)CO.O=C(O)O. The molecule has 0 saturated carbocycles. The first kappa shape index (κ1) is 10.6. The van der Waals surface area contributed by atoms with Crippen LogP contribution in [0, 0.1) is 0 Å². The Morgan fingerprint density at radius 2 is 1.22 bits per heavy atom. The Morgan fingerprint density at radius 1 is 1.11 bits per heavy atom. The number of hydrogen-bond donors (Lipinski definition) is 4. The van der Waals surface area contributed by atoms with E-state index in [1.807, 2.05) is 0 Å². The second-order valence-electron chi connectivity index (χ2n) is 0.834. The summed E-state index contributed by atoms with van der Waals surface area (Å²) in [7, 11) is 0. The zero-order valence-corrected chi connectivity index (χ0v) is 4.31. The molecule has 6 nitrogen and oxygen atoms in total. The van der Waals surface area contributed by atoms with Gasteiger partial charge in [0.1, 0.15) is 6.61 Å². The van der Waals surface area contributed by atoms with E-state index in [4.69, 9.17) is 30.0 Å². The topological polar surface area (TPSA) is 115 Å². The summed E-state index contributed by atoms with van der Waals surface area (Å²) < 4.78 is 0. The number of rotatable bonds is 1. The van der Waals surface area contributed by atoms with Crippen molar-refractivity contribution in [2.75, 3.05) is 6.61 Å². The smallest absolute Gasteiger partial charge is 0.480 e. The summed E-state index contributed by atoms with van der Waals surface area (Å²) in [4.78, 5) is 17.7. The summed E-state index contributed by atoms with van der Waals surface area (Å²) in [5, 5.41) is 29.0. The summed E-state index contributed by atoms with van der Waals surface area (Å²) in [6, 6.07) is 0. The number of carboxylic acids is 1. The molecule has 9 heavy (non-hydrogen) atoms. The lowest BCUT2D eigenvalue weighted by atomic mass is 10.8. The van der Waals surface area contributed by atoms with Crippen molar-refractivity contribution in [2.24, 2.45) is 0 Å². The third kappa shape index (κ3) is 302. The highest BCUT2D eigenvalue weighted by molar-refractivity contribution is 5.67. The van der Waals surface area contributed by atoms with Gasteiger partial charge in [-0.05, 0) is 0 Å². The second kappa shape index (κ2) is 6.70. The largest absolute Gasteiger partial charge is 0.503 e. The van der Waals surface area contributed by atoms with Crippen molar-refractivity contribution in [3.63, 3.8) is 0 Å². The van der Waals surface area contributed by atoms with Gasteiger partial charge in [0.2, 0.25) is 0 Å². The van der Waals surface area contributed by atoms with Crippen LogP contribution in [0.3, 0.4) is 0 Å². The van der Waals surface area contributed by atoms with Crippen LogP contribution >= 0.6 is 0 Å². The van der Waals surface area contributed by atoms with Crippen molar-refractivity contribution in [1.82, 2.24) is 0 Å². The molecule has 0 aliphatic heterocycles. The first-order valence-electron chi connectivity index (χ1n) is 1.75. The lowest BCUT2D eigenvalue weighted by Gasteiger charge is -1.72. The zero-order valence-electron chi connectivity index (χ0n) is 4.31. The molecule has 0 heterocycles. The van der Waals surface area contributed by atoms with Crippen molar-refractivity contribution >= 4 is 12.1 Å². The minimum atomic E-state index is -1.83. The molecule has 4 N–H and O–H groups in total. The molecular weight excluding hydrogens is 132 g/mol. The zero-order chi connectivity index (χ0) is 7.86. The van der Waals surface area contributed by atoms with Gasteiger partial charge in [0.15, 0.2) is 0 Å².